The van der Waals surface area contributed by atoms with E-state index in [0.717, 1.165) is 61.7 Å². The Hall–Kier alpha value is -1.40. The lowest BCUT2D eigenvalue weighted by atomic mass is 10.1. The third-order valence-electron chi connectivity index (χ3n) is 5.06. The van der Waals surface area contributed by atoms with Crippen LogP contribution < -0.4 is 5.32 Å². The Kier molecular flexibility index (Phi) is 6.12. The van der Waals surface area contributed by atoms with Crippen molar-refractivity contribution in [2.45, 2.75) is 12.5 Å². The van der Waals surface area contributed by atoms with Crippen molar-refractivity contribution >= 4 is 29.7 Å². The first kappa shape index (κ1) is 18.4. The summed E-state index contributed by atoms with van der Waals surface area (Å²) < 4.78 is 0. The second-order valence-electron chi connectivity index (χ2n) is 6.51. The molecule has 134 valence electrons. The Morgan fingerprint density at radius 2 is 1.84 bits per heavy atom. The normalized spacial score (nSPS) is 21.1. The molecule has 0 radical (unpaired) electrons. The van der Waals surface area contributed by atoms with Crippen LogP contribution in [0.25, 0.3) is 11.1 Å². The molecule has 3 heterocycles. The van der Waals surface area contributed by atoms with Gasteiger partial charge in [0.05, 0.1) is 4.88 Å². The van der Waals surface area contributed by atoms with E-state index in [9.17, 15) is 4.79 Å². The topological polar surface area (TPSA) is 35.6 Å². The van der Waals surface area contributed by atoms with Crippen LogP contribution in [0, 0.1) is 0 Å². The fraction of sp³-hybridized carbons (Fsp3) is 0.421. The van der Waals surface area contributed by atoms with E-state index in [0.29, 0.717) is 6.04 Å². The van der Waals surface area contributed by atoms with E-state index in [1.807, 2.05) is 28.5 Å². The first-order valence-electron chi connectivity index (χ1n) is 8.70. The van der Waals surface area contributed by atoms with Crippen LogP contribution in [0.3, 0.4) is 0 Å². The van der Waals surface area contributed by atoms with Crippen LogP contribution in [0.15, 0.2) is 41.8 Å². The summed E-state index contributed by atoms with van der Waals surface area (Å²) in [6, 6.07) is 12.8. The van der Waals surface area contributed by atoms with Crippen molar-refractivity contribution in [3.8, 4) is 11.1 Å². The molecule has 1 aromatic carbocycles. The van der Waals surface area contributed by atoms with Gasteiger partial charge in [-0.1, -0.05) is 30.3 Å². The number of nitrogens with one attached hydrogen (secondary N) is 1. The molecule has 4 nitrogen and oxygen atoms in total. The summed E-state index contributed by atoms with van der Waals surface area (Å²) in [4.78, 5) is 18.5. The average molecular weight is 378 g/mol. The van der Waals surface area contributed by atoms with Gasteiger partial charge in [-0.2, -0.15) is 0 Å². The number of hydrogen-bond acceptors (Lipinski definition) is 4. The predicted octanol–water partition coefficient (Wildman–Crippen LogP) is 2.96. The standard InChI is InChI=1S/C19H23N3OS.ClH/c23-19(18-17(7-13-24-18)15-4-2-1-3-5-15)22-10-6-16(14-22)21-11-8-20-9-12-21;/h1-5,7,13,16,20H,6,8-12,14H2;1H. The summed E-state index contributed by atoms with van der Waals surface area (Å²) in [7, 11) is 0. The van der Waals surface area contributed by atoms with Crippen molar-refractivity contribution < 1.29 is 4.79 Å². The number of nitrogens with zero attached hydrogens (tertiary/aromatic N) is 2. The van der Waals surface area contributed by atoms with Crippen molar-refractivity contribution in [3.05, 3.63) is 46.7 Å². The maximum absolute atomic E-state index is 13.0. The first-order valence-corrected chi connectivity index (χ1v) is 9.58. The second-order valence-corrected chi connectivity index (χ2v) is 7.43. The predicted molar refractivity (Wildman–Crippen MR) is 106 cm³/mol. The molecular weight excluding hydrogens is 354 g/mol. The van der Waals surface area contributed by atoms with Gasteiger partial charge in [0.15, 0.2) is 0 Å². The van der Waals surface area contributed by atoms with Crippen LogP contribution in [-0.2, 0) is 0 Å². The highest BCUT2D eigenvalue weighted by Crippen LogP contribution is 2.30. The SMILES string of the molecule is Cl.O=C(c1sccc1-c1ccccc1)N1CCC(N2CCNCC2)C1. The third kappa shape index (κ3) is 3.90. The molecule has 2 aromatic rings. The van der Waals surface area contributed by atoms with Crippen LogP contribution in [0.1, 0.15) is 16.1 Å². The summed E-state index contributed by atoms with van der Waals surface area (Å²) >= 11 is 1.56. The molecule has 6 heteroatoms. The molecule has 25 heavy (non-hydrogen) atoms. The Morgan fingerprint density at radius 3 is 2.60 bits per heavy atom. The number of benzene rings is 1. The molecule has 2 aliphatic heterocycles. The number of likely N-dealkylation sites (tertiary alicyclic amines) is 1. The Bertz CT molecular complexity index is 700. The zero-order valence-electron chi connectivity index (χ0n) is 14.2. The highest BCUT2D eigenvalue weighted by molar-refractivity contribution is 7.12. The highest BCUT2D eigenvalue weighted by atomic mass is 35.5. The van der Waals surface area contributed by atoms with Gasteiger partial charge in [-0.05, 0) is 23.4 Å². The molecule has 0 saturated carbocycles. The van der Waals surface area contributed by atoms with Gasteiger partial charge in [-0.25, -0.2) is 0 Å². The zero-order chi connectivity index (χ0) is 16.4. The van der Waals surface area contributed by atoms with Crippen LogP contribution in [0.4, 0.5) is 0 Å². The lowest BCUT2D eigenvalue weighted by Crippen LogP contribution is -2.49. The average Bonchev–Trinajstić information content (AvgIpc) is 3.32. The maximum Gasteiger partial charge on any atom is 0.264 e. The van der Waals surface area contributed by atoms with Gasteiger partial charge >= 0.3 is 0 Å². The molecule has 1 atom stereocenters. The third-order valence-corrected chi connectivity index (χ3v) is 5.97. The largest absolute Gasteiger partial charge is 0.336 e. The quantitative estimate of drug-likeness (QED) is 0.893. The van der Waals surface area contributed by atoms with Gasteiger partial charge in [0.1, 0.15) is 0 Å². The van der Waals surface area contributed by atoms with Crippen LogP contribution >= 0.6 is 23.7 Å². The van der Waals surface area contributed by atoms with Crippen LogP contribution in [0.2, 0.25) is 0 Å². The van der Waals surface area contributed by atoms with Gasteiger partial charge in [0.2, 0.25) is 0 Å². The Balaban J connectivity index is 0.00000182. The molecular formula is C19H24ClN3OS. The lowest BCUT2D eigenvalue weighted by molar-refractivity contribution is 0.0779. The van der Waals surface area contributed by atoms with E-state index in [-0.39, 0.29) is 18.3 Å². The maximum atomic E-state index is 13.0. The summed E-state index contributed by atoms with van der Waals surface area (Å²) in [6.45, 7) is 6.06. The van der Waals surface area contributed by atoms with Crippen molar-refractivity contribution in [2.24, 2.45) is 0 Å². The van der Waals surface area contributed by atoms with Crippen molar-refractivity contribution in [1.29, 1.82) is 0 Å². The van der Waals surface area contributed by atoms with Gasteiger partial charge in [-0.3, -0.25) is 9.69 Å². The first-order chi connectivity index (χ1) is 11.8. The number of carbonyl (C=O) groups excluding carboxylic acids is 1. The molecule has 0 aliphatic carbocycles. The Morgan fingerprint density at radius 1 is 1.08 bits per heavy atom. The molecule has 0 bridgehead atoms. The van der Waals surface area contributed by atoms with E-state index < -0.39 is 0 Å². The number of halogens is 1. The van der Waals surface area contributed by atoms with E-state index >= 15 is 0 Å². The van der Waals surface area contributed by atoms with Crippen molar-refractivity contribution in [3.63, 3.8) is 0 Å². The fourth-order valence-electron chi connectivity index (χ4n) is 3.74. The van der Waals surface area contributed by atoms with E-state index in [4.69, 9.17) is 0 Å². The number of rotatable bonds is 3. The van der Waals surface area contributed by atoms with Gasteiger partial charge in [0.25, 0.3) is 5.91 Å². The van der Waals surface area contributed by atoms with Crippen LogP contribution in [0.5, 0.6) is 0 Å². The number of amides is 1. The number of piperazine rings is 1. The summed E-state index contributed by atoms with van der Waals surface area (Å²) in [5, 5.41) is 5.43. The van der Waals surface area contributed by atoms with Gasteiger partial charge in [0, 0.05) is 50.9 Å². The zero-order valence-corrected chi connectivity index (χ0v) is 15.8. The van der Waals surface area contributed by atoms with Crippen molar-refractivity contribution in [2.75, 3.05) is 39.3 Å². The minimum atomic E-state index is 0. The van der Waals surface area contributed by atoms with Gasteiger partial charge < -0.3 is 10.2 Å². The highest BCUT2D eigenvalue weighted by Gasteiger charge is 2.32. The van der Waals surface area contributed by atoms with E-state index in [1.165, 1.54) is 0 Å². The molecule has 0 spiro atoms. The van der Waals surface area contributed by atoms with Crippen LogP contribution in [-0.4, -0.2) is 61.0 Å². The fourth-order valence-corrected chi connectivity index (χ4v) is 4.62. The molecule has 1 aromatic heterocycles. The van der Waals surface area contributed by atoms with Gasteiger partial charge in [-0.15, -0.1) is 23.7 Å². The molecule has 2 saturated heterocycles. The van der Waals surface area contributed by atoms with Crippen molar-refractivity contribution in [1.82, 2.24) is 15.1 Å². The molecule has 1 amide bonds. The number of carbonyl (C=O) groups is 1. The smallest absolute Gasteiger partial charge is 0.264 e. The minimum absolute atomic E-state index is 0. The second kappa shape index (κ2) is 8.32. The molecule has 4 rings (SSSR count). The minimum Gasteiger partial charge on any atom is -0.336 e. The monoisotopic (exact) mass is 377 g/mol. The molecule has 2 aliphatic rings. The molecule has 1 unspecified atom stereocenters. The molecule has 2 fully saturated rings. The van der Waals surface area contributed by atoms with E-state index in [2.05, 4.69) is 28.4 Å². The lowest BCUT2D eigenvalue weighted by Gasteiger charge is -2.32. The molecule has 1 N–H and O–H groups in total. The summed E-state index contributed by atoms with van der Waals surface area (Å²) in [5.74, 6) is 0.196. The number of hydrogen-bond donors (Lipinski definition) is 1. The number of thiophene rings is 1. The van der Waals surface area contributed by atoms with E-state index in [1.54, 1.807) is 11.3 Å². The Labute approximate surface area is 159 Å². The summed E-state index contributed by atoms with van der Waals surface area (Å²) in [6.07, 6.45) is 1.10. The summed E-state index contributed by atoms with van der Waals surface area (Å²) in [5.41, 5.74) is 2.19.